The number of amidine groups is 1. The smallest absolute Gasteiger partial charge is 0.259 e. The summed E-state index contributed by atoms with van der Waals surface area (Å²) in [4.78, 5) is 17.8. The molecule has 0 spiro atoms. The second kappa shape index (κ2) is 8.02. The Morgan fingerprint density at radius 3 is 2.97 bits per heavy atom. The Bertz CT molecular complexity index is 1120. The van der Waals surface area contributed by atoms with E-state index in [0.29, 0.717) is 36.6 Å². The molecule has 1 atom stereocenters. The summed E-state index contributed by atoms with van der Waals surface area (Å²) in [6.07, 6.45) is 2.96. The molecule has 0 unspecified atom stereocenters. The van der Waals surface area contributed by atoms with Crippen molar-refractivity contribution in [1.29, 1.82) is 0 Å². The molecular formula is C20H21FN4O4S. The summed E-state index contributed by atoms with van der Waals surface area (Å²) < 4.78 is 46.5. The van der Waals surface area contributed by atoms with E-state index in [9.17, 15) is 17.6 Å². The van der Waals surface area contributed by atoms with E-state index in [-0.39, 0.29) is 29.0 Å². The lowest BCUT2D eigenvalue weighted by atomic mass is 9.98. The lowest BCUT2D eigenvalue weighted by Crippen LogP contribution is -2.41. The molecule has 30 heavy (non-hydrogen) atoms. The average molecular weight is 432 g/mol. The molecule has 1 amide bonds. The van der Waals surface area contributed by atoms with Crippen LogP contribution in [0.4, 0.5) is 4.39 Å². The number of hydrogen-bond donors (Lipinski definition) is 1. The number of amides is 1. The van der Waals surface area contributed by atoms with E-state index in [1.807, 2.05) is 0 Å². The summed E-state index contributed by atoms with van der Waals surface area (Å²) in [5, 5.41) is 0. The number of fused-ring (bicyclic) bond motifs is 1. The molecule has 0 radical (unpaired) electrons. The van der Waals surface area contributed by atoms with Crippen LogP contribution < -0.4 is 10.5 Å². The van der Waals surface area contributed by atoms with Gasteiger partial charge in [-0.1, -0.05) is 12.1 Å². The largest absolute Gasteiger partial charge is 0.492 e. The van der Waals surface area contributed by atoms with Gasteiger partial charge in [0.2, 0.25) is 5.95 Å². The number of nitrogens with two attached hydrogens (primary N) is 1. The molecular weight excluding hydrogens is 411 g/mol. The fourth-order valence-corrected chi connectivity index (χ4v) is 4.93. The lowest BCUT2D eigenvalue weighted by molar-refractivity contribution is 0.0632. The molecule has 1 aromatic carbocycles. The van der Waals surface area contributed by atoms with Crippen molar-refractivity contribution in [3.63, 3.8) is 0 Å². The summed E-state index contributed by atoms with van der Waals surface area (Å²) in [6, 6.07) is 7.77. The number of hydrogen-bond acceptors (Lipinski definition) is 6. The number of ether oxygens (including phenoxy) is 1. The van der Waals surface area contributed by atoms with E-state index in [1.54, 1.807) is 23.1 Å². The number of nitrogens with zero attached hydrogens (tertiary/aromatic N) is 3. The first-order valence-corrected chi connectivity index (χ1v) is 11.2. The van der Waals surface area contributed by atoms with Gasteiger partial charge in [-0.05, 0) is 30.5 Å². The molecule has 10 heteroatoms. The van der Waals surface area contributed by atoms with Crippen LogP contribution in [0.5, 0.6) is 5.75 Å². The first-order chi connectivity index (χ1) is 14.3. The number of rotatable bonds is 4. The number of likely N-dealkylation sites (tertiary alicyclic amines) is 1. The molecule has 2 N–H and O–H groups in total. The van der Waals surface area contributed by atoms with Crippen molar-refractivity contribution in [2.75, 3.05) is 19.7 Å². The highest BCUT2D eigenvalue weighted by atomic mass is 32.2. The van der Waals surface area contributed by atoms with Crippen molar-refractivity contribution < 1.29 is 22.3 Å². The number of pyridine rings is 1. The normalized spacial score (nSPS) is 20.2. The van der Waals surface area contributed by atoms with Crippen LogP contribution in [0.2, 0.25) is 0 Å². The third kappa shape index (κ3) is 4.28. The summed E-state index contributed by atoms with van der Waals surface area (Å²) >= 11 is 0. The number of carbonyl (C=O) groups is 1. The van der Waals surface area contributed by atoms with Gasteiger partial charge in [-0.15, -0.1) is 4.40 Å². The van der Waals surface area contributed by atoms with Crippen molar-refractivity contribution >= 4 is 21.8 Å². The van der Waals surface area contributed by atoms with Gasteiger partial charge in [0.05, 0.1) is 17.9 Å². The van der Waals surface area contributed by atoms with Crippen LogP contribution in [0, 0.1) is 11.9 Å². The highest BCUT2D eigenvalue weighted by molar-refractivity contribution is 7.89. The Labute approximate surface area is 173 Å². The zero-order chi connectivity index (χ0) is 21.3. The Hall–Kier alpha value is -3.01. The molecule has 1 aromatic heterocycles. The predicted octanol–water partition coefficient (Wildman–Crippen LogP) is 1.70. The van der Waals surface area contributed by atoms with Gasteiger partial charge in [0.25, 0.3) is 15.9 Å². The maximum atomic E-state index is 13.3. The monoisotopic (exact) mass is 432 g/mol. The fourth-order valence-electron chi connectivity index (χ4n) is 3.84. The SMILES string of the molecule is NC1=NS(=O)(=O)Cc2cccc(OC[C@H]3CCCN(C(=O)c4ccnc(F)c4)C3)c21. The quantitative estimate of drug-likeness (QED) is 0.736. The second-order valence-corrected chi connectivity index (χ2v) is 9.07. The van der Waals surface area contributed by atoms with E-state index in [0.717, 1.165) is 18.9 Å². The minimum Gasteiger partial charge on any atom is -0.492 e. The first-order valence-electron chi connectivity index (χ1n) is 9.56. The standard InChI is InChI=1S/C20H21FN4O4S/c21-17-9-14(6-7-23-17)20(26)25-8-2-3-13(10-25)11-29-16-5-1-4-15-12-30(27,28)24-19(22)18(15)16/h1,4-7,9,13H,2-3,8,10-12H2,(H2,22,24)/t13-/m0/s1. The molecule has 158 valence electrons. The number of carbonyl (C=O) groups excluding carboxylic acids is 1. The molecule has 2 aliphatic heterocycles. The Balaban J connectivity index is 1.45. The summed E-state index contributed by atoms with van der Waals surface area (Å²) in [6.45, 7) is 1.41. The van der Waals surface area contributed by atoms with Crippen LogP contribution in [-0.2, 0) is 15.8 Å². The zero-order valence-electron chi connectivity index (χ0n) is 16.1. The van der Waals surface area contributed by atoms with Crippen LogP contribution in [0.15, 0.2) is 40.9 Å². The number of benzene rings is 1. The predicted molar refractivity (Wildman–Crippen MR) is 108 cm³/mol. The Morgan fingerprint density at radius 1 is 1.33 bits per heavy atom. The fraction of sp³-hybridized carbons (Fsp3) is 0.350. The third-order valence-corrected chi connectivity index (χ3v) is 6.35. The van der Waals surface area contributed by atoms with Gasteiger partial charge < -0.3 is 15.4 Å². The van der Waals surface area contributed by atoms with Gasteiger partial charge in [0.15, 0.2) is 0 Å². The number of sulfonamides is 1. The molecule has 4 rings (SSSR count). The van der Waals surface area contributed by atoms with Gasteiger partial charge >= 0.3 is 0 Å². The number of aromatic nitrogens is 1. The van der Waals surface area contributed by atoms with Crippen molar-refractivity contribution in [1.82, 2.24) is 9.88 Å². The van der Waals surface area contributed by atoms with Crippen LogP contribution in [0.3, 0.4) is 0 Å². The first kappa shape index (κ1) is 20.3. The minimum absolute atomic E-state index is 0.0768. The molecule has 1 saturated heterocycles. The topological polar surface area (TPSA) is 115 Å². The maximum absolute atomic E-state index is 13.3. The average Bonchev–Trinajstić information content (AvgIpc) is 2.70. The molecule has 0 saturated carbocycles. The highest BCUT2D eigenvalue weighted by Gasteiger charge is 2.28. The zero-order valence-corrected chi connectivity index (χ0v) is 16.9. The van der Waals surface area contributed by atoms with Crippen LogP contribution in [-0.4, -0.2) is 49.7 Å². The van der Waals surface area contributed by atoms with E-state index in [2.05, 4.69) is 9.38 Å². The third-order valence-electron chi connectivity index (χ3n) is 5.20. The molecule has 8 nitrogen and oxygen atoms in total. The van der Waals surface area contributed by atoms with Crippen molar-refractivity contribution in [2.24, 2.45) is 16.0 Å². The van der Waals surface area contributed by atoms with E-state index >= 15 is 0 Å². The molecule has 0 aliphatic carbocycles. The van der Waals surface area contributed by atoms with Gasteiger partial charge in [0, 0.05) is 36.8 Å². The summed E-state index contributed by atoms with van der Waals surface area (Å²) in [7, 11) is -3.61. The number of piperidine rings is 1. The molecule has 3 heterocycles. The van der Waals surface area contributed by atoms with Crippen molar-refractivity contribution in [3.05, 3.63) is 59.2 Å². The molecule has 0 bridgehead atoms. The van der Waals surface area contributed by atoms with Crippen LogP contribution in [0.1, 0.15) is 34.3 Å². The van der Waals surface area contributed by atoms with Crippen molar-refractivity contribution in [3.8, 4) is 5.75 Å². The minimum atomic E-state index is -3.61. The summed E-state index contributed by atoms with van der Waals surface area (Å²) in [5.41, 5.74) is 7.20. The Kier molecular flexibility index (Phi) is 5.42. The highest BCUT2D eigenvalue weighted by Crippen LogP contribution is 2.29. The van der Waals surface area contributed by atoms with Gasteiger partial charge in [-0.2, -0.15) is 4.39 Å². The van der Waals surface area contributed by atoms with Gasteiger partial charge in [-0.25, -0.2) is 13.4 Å². The van der Waals surface area contributed by atoms with Crippen LogP contribution in [0.25, 0.3) is 0 Å². The van der Waals surface area contributed by atoms with E-state index in [1.165, 1.54) is 12.3 Å². The van der Waals surface area contributed by atoms with Crippen LogP contribution >= 0.6 is 0 Å². The molecule has 1 fully saturated rings. The lowest BCUT2D eigenvalue weighted by Gasteiger charge is -2.33. The molecule has 2 aliphatic rings. The summed E-state index contributed by atoms with van der Waals surface area (Å²) in [5.74, 6) is -0.660. The van der Waals surface area contributed by atoms with Gasteiger partial charge in [0.1, 0.15) is 11.6 Å². The molecule has 2 aromatic rings. The van der Waals surface area contributed by atoms with Crippen molar-refractivity contribution in [2.45, 2.75) is 18.6 Å². The van der Waals surface area contributed by atoms with Gasteiger partial charge in [-0.3, -0.25) is 4.79 Å². The van der Waals surface area contributed by atoms with E-state index in [4.69, 9.17) is 10.5 Å². The Morgan fingerprint density at radius 2 is 2.17 bits per heavy atom. The number of halogens is 1. The second-order valence-electron chi connectivity index (χ2n) is 7.43. The van der Waals surface area contributed by atoms with E-state index < -0.39 is 16.0 Å². The maximum Gasteiger partial charge on any atom is 0.259 e.